The SMILES string of the molecule is Clc1nnc(NCc2ccnc(N3CCCCC3)c2)s1. The summed E-state index contributed by atoms with van der Waals surface area (Å²) in [6, 6.07) is 4.16. The van der Waals surface area contributed by atoms with Gasteiger partial charge in [-0.25, -0.2) is 4.98 Å². The largest absolute Gasteiger partial charge is 0.357 e. The Balaban J connectivity index is 1.64. The first-order valence-electron chi connectivity index (χ1n) is 6.74. The van der Waals surface area contributed by atoms with Crippen molar-refractivity contribution in [2.75, 3.05) is 23.3 Å². The number of halogens is 1. The second-order valence-electron chi connectivity index (χ2n) is 4.78. The molecule has 1 aliphatic rings. The topological polar surface area (TPSA) is 53.9 Å². The molecule has 0 atom stereocenters. The fourth-order valence-corrected chi connectivity index (χ4v) is 3.05. The zero-order valence-corrected chi connectivity index (χ0v) is 12.6. The van der Waals surface area contributed by atoms with Crippen LogP contribution >= 0.6 is 22.9 Å². The fourth-order valence-electron chi connectivity index (χ4n) is 2.32. The summed E-state index contributed by atoms with van der Waals surface area (Å²) < 4.78 is 0.455. The molecule has 2 aromatic rings. The summed E-state index contributed by atoms with van der Waals surface area (Å²) in [4.78, 5) is 6.83. The highest BCUT2D eigenvalue weighted by Gasteiger charge is 2.12. The Hall–Kier alpha value is -1.40. The Morgan fingerprint density at radius 3 is 2.85 bits per heavy atom. The van der Waals surface area contributed by atoms with Crippen LogP contribution in [0.25, 0.3) is 0 Å². The molecule has 1 aliphatic heterocycles. The molecule has 0 unspecified atom stereocenters. The van der Waals surface area contributed by atoms with E-state index in [1.807, 2.05) is 12.3 Å². The second kappa shape index (κ2) is 6.37. The van der Waals surface area contributed by atoms with E-state index in [0.717, 1.165) is 24.0 Å². The molecule has 0 aliphatic carbocycles. The van der Waals surface area contributed by atoms with Gasteiger partial charge in [0.1, 0.15) is 5.82 Å². The van der Waals surface area contributed by atoms with Crippen molar-refractivity contribution in [2.24, 2.45) is 0 Å². The van der Waals surface area contributed by atoms with Crippen molar-refractivity contribution < 1.29 is 0 Å². The molecule has 3 rings (SSSR count). The Kier molecular flexibility index (Phi) is 4.32. The number of anilines is 2. The van der Waals surface area contributed by atoms with Crippen LogP contribution in [-0.2, 0) is 6.54 Å². The third-order valence-corrected chi connectivity index (χ3v) is 4.31. The summed E-state index contributed by atoms with van der Waals surface area (Å²) in [6.07, 6.45) is 5.71. The summed E-state index contributed by atoms with van der Waals surface area (Å²) in [7, 11) is 0. The third kappa shape index (κ3) is 3.37. The maximum Gasteiger partial charge on any atom is 0.208 e. The normalized spacial score (nSPS) is 15.3. The van der Waals surface area contributed by atoms with Crippen LogP contribution in [0, 0.1) is 0 Å². The van der Waals surface area contributed by atoms with Crippen LogP contribution in [-0.4, -0.2) is 28.3 Å². The van der Waals surface area contributed by atoms with Crippen molar-refractivity contribution in [1.82, 2.24) is 15.2 Å². The molecule has 0 bridgehead atoms. The molecule has 1 fully saturated rings. The fraction of sp³-hybridized carbons (Fsp3) is 0.462. The van der Waals surface area contributed by atoms with Crippen LogP contribution in [0.3, 0.4) is 0 Å². The van der Waals surface area contributed by atoms with Crippen molar-refractivity contribution in [2.45, 2.75) is 25.8 Å². The predicted octanol–water partition coefficient (Wildman–Crippen LogP) is 3.19. The smallest absolute Gasteiger partial charge is 0.208 e. The number of hydrogen-bond donors (Lipinski definition) is 1. The highest BCUT2D eigenvalue weighted by molar-refractivity contribution is 7.18. The molecular weight excluding hydrogens is 294 g/mol. The number of aromatic nitrogens is 3. The van der Waals surface area contributed by atoms with E-state index in [1.54, 1.807) is 0 Å². The molecule has 3 heterocycles. The van der Waals surface area contributed by atoms with Gasteiger partial charge in [-0.2, -0.15) is 0 Å². The summed E-state index contributed by atoms with van der Waals surface area (Å²) >= 11 is 7.10. The summed E-state index contributed by atoms with van der Waals surface area (Å²) in [5.74, 6) is 1.07. The van der Waals surface area contributed by atoms with Crippen molar-refractivity contribution >= 4 is 33.9 Å². The van der Waals surface area contributed by atoms with Crippen molar-refractivity contribution in [3.63, 3.8) is 0 Å². The first-order chi connectivity index (χ1) is 9.81. The van der Waals surface area contributed by atoms with E-state index in [0.29, 0.717) is 11.0 Å². The van der Waals surface area contributed by atoms with Gasteiger partial charge in [-0.1, -0.05) is 11.3 Å². The second-order valence-corrected chi connectivity index (χ2v) is 6.34. The summed E-state index contributed by atoms with van der Waals surface area (Å²) in [5.41, 5.74) is 1.19. The van der Waals surface area contributed by atoms with Gasteiger partial charge in [-0.05, 0) is 48.6 Å². The number of hydrogen-bond acceptors (Lipinski definition) is 6. The van der Waals surface area contributed by atoms with Gasteiger partial charge in [0.2, 0.25) is 9.60 Å². The van der Waals surface area contributed by atoms with E-state index in [2.05, 4.69) is 31.5 Å². The zero-order valence-electron chi connectivity index (χ0n) is 11.0. The van der Waals surface area contributed by atoms with Crippen LogP contribution in [0.5, 0.6) is 0 Å². The number of piperidine rings is 1. The van der Waals surface area contributed by atoms with Crippen LogP contribution in [0.4, 0.5) is 10.9 Å². The van der Waals surface area contributed by atoms with E-state index >= 15 is 0 Å². The molecule has 0 radical (unpaired) electrons. The van der Waals surface area contributed by atoms with Crippen molar-refractivity contribution in [3.05, 3.63) is 28.4 Å². The van der Waals surface area contributed by atoms with Gasteiger partial charge in [0.15, 0.2) is 0 Å². The average molecular weight is 310 g/mol. The van der Waals surface area contributed by atoms with Crippen LogP contribution in [0.15, 0.2) is 18.3 Å². The van der Waals surface area contributed by atoms with Crippen molar-refractivity contribution in [1.29, 1.82) is 0 Å². The van der Waals surface area contributed by atoms with Crippen LogP contribution in [0.1, 0.15) is 24.8 Å². The lowest BCUT2D eigenvalue weighted by atomic mass is 10.1. The molecule has 7 heteroatoms. The Morgan fingerprint density at radius 2 is 2.10 bits per heavy atom. The van der Waals surface area contributed by atoms with E-state index in [-0.39, 0.29) is 0 Å². The summed E-state index contributed by atoms with van der Waals surface area (Å²) in [6.45, 7) is 2.92. The molecule has 1 saturated heterocycles. The van der Waals surface area contributed by atoms with E-state index in [9.17, 15) is 0 Å². The van der Waals surface area contributed by atoms with E-state index < -0.39 is 0 Å². The van der Waals surface area contributed by atoms with Crippen LogP contribution < -0.4 is 10.2 Å². The minimum absolute atomic E-state index is 0.455. The molecule has 2 aromatic heterocycles. The molecule has 0 amide bonds. The Bertz CT molecular complexity index is 567. The maximum absolute atomic E-state index is 5.76. The van der Waals surface area contributed by atoms with Gasteiger partial charge in [0, 0.05) is 25.8 Å². The minimum Gasteiger partial charge on any atom is -0.357 e. The molecule has 1 N–H and O–H groups in total. The minimum atomic E-state index is 0.455. The lowest BCUT2D eigenvalue weighted by Crippen LogP contribution is -2.30. The molecule has 20 heavy (non-hydrogen) atoms. The summed E-state index contributed by atoms with van der Waals surface area (Å²) in [5, 5.41) is 11.7. The first-order valence-corrected chi connectivity index (χ1v) is 7.93. The number of nitrogens with zero attached hydrogens (tertiary/aromatic N) is 4. The van der Waals surface area contributed by atoms with Gasteiger partial charge < -0.3 is 10.2 Å². The number of rotatable bonds is 4. The average Bonchev–Trinajstić information content (AvgIpc) is 2.92. The Labute approximate surface area is 127 Å². The highest BCUT2D eigenvalue weighted by atomic mass is 35.5. The standard InChI is InChI=1S/C13H16ClN5S/c14-12-17-18-13(20-12)16-9-10-4-5-15-11(8-10)19-6-2-1-3-7-19/h4-5,8H,1-3,6-7,9H2,(H,16,18). The zero-order chi connectivity index (χ0) is 13.8. The predicted molar refractivity (Wildman–Crippen MR) is 82.5 cm³/mol. The quantitative estimate of drug-likeness (QED) is 0.940. The third-order valence-electron chi connectivity index (χ3n) is 3.33. The van der Waals surface area contributed by atoms with Gasteiger partial charge in [0.05, 0.1) is 0 Å². The van der Waals surface area contributed by atoms with Gasteiger partial charge >= 0.3 is 0 Å². The molecule has 5 nitrogen and oxygen atoms in total. The maximum atomic E-state index is 5.76. The lowest BCUT2D eigenvalue weighted by molar-refractivity contribution is 0.573. The number of nitrogens with one attached hydrogen (secondary N) is 1. The van der Waals surface area contributed by atoms with E-state index in [1.165, 1.54) is 36.2 Å². The number of pyridine rings is 1. The molecule has 0 aromatic carbocycles. The van der Waals surface area contributed by atoms with Crippen LogP contribution in [0.2, 0.25) is 4.47 Å². The molecular formula is C13H16ClN5S. The molecule has 106 valence electrons. The van der Waals surface area contributed by atoms with Gasteiger partial charge in [-0.3, -0.25) is 0 Å². The lowest BCUT2D eigenvalue weighted by Gasteiger charge is -2.27. The van der Waals surface area contributed by atoms with Crippen molar-refractivity contribution in [3.8, 4) is 0 Å². The highest BCUT2D eigenvalue weighted by Crippen LogP contribution is 2.21. The van der Waals surface area contributed by atoms with Gasteiger partial charge in [0.25, 0.3) is 0 Å². The molecule has 0 spiro atoms. The molecule has 0 saturated carbocycles. The van der Waals surface area contributed by atoms with Gasteiger partial charge in [-0.15, -0.1) is 10.2 Å². The first kappa shape index (κ1) is 13.6. The van der Waals surface area contributed by atoms with E-state index in [4.69, 9.17) is 11.6 Å². The Morgan fingerprint density at radius 1 is 1.25 bits per heavy atom. The monoisotopic (exact) mass is 309 g/mol.